The molecule has 0 aromatic carbocycles. The van der Waals surface area contributed by atoms with Crippen LogP contribution in [0.3, 0.4) is 0 Å². The Morgan fingerprint density at radius 2 is 2.10 bits per heavy atom. The van der Waals surface area contributed by atoms with Crippen LogP contribution in [0.1, 0.15) is 31.2 Å². The molecule has 1 amide bonds. The molecule has 7 heteroatoms. The molecule has 1 rings (SSSR count). The number of carbonyl (C=O) groups excluding carboxylic acids is 1. The molecule has 0 radical (unpaired) electrons. The van der Waals surface area contributed by atoms with Crippen LogP contribution in [0.2, 0.25) is 0 Å². The Bertz CT molecular complexity index is 496. The molecule has 1 heterocycles. The molecule has 1 unspecified atom stereocenters. The van der Waals surface area contributed by atoms with Crippen LogP contribution < -0.4 is 10.1 Å². The van der Waals surface area contributed by atoms with Gasteiger partial charge in [0.15, 0.2) is 12.4 Å². The smallest absolute Gasteiger partial charge is 0.303 e. The number of rotatable bonds is 7. The molecule has 2 N–H and O–H groups in total. The van der Waals surface area contributed by atoms with Crippen molar-refractivity contribution >= 4 is 11.9 Å². The van der Waals surface area contributed by atoms with Crippen molar-refractivity contribution in [1.82, 2.24) is 15.1 Å². The van der Waals surface area contributed by atoms with Gasteiger partial charge in [-0.15, -0.1) is 0 Å². The lowest BCUT2D eigenvalue weighted by Crippen LogP contribution is -2.36. The zero-order chi connectivity index (χ0) is 15.3. The quantitative estimate of drug-likeness (QED) is 0.771. The minimum absolute atomic E-state index is 0.0309. The van der Waals surface area contributed by atoms with Gasteiger partial charge in [-0.05, 0) is 27.2 Å². The molecule has 1 aromatic rings. The number of hydrogen-bond donors (Lipinski definition) is 2. The highest BCUT2D eigenvalue weighted by Crippen LogP contribution is 2.20. The van der Waals surface area contributed by atoms with Crippen molar-refractivity contribution < 1.29 is 19.4 Å². The number of ether oxygens (including phenoxy) is 1. The highest BCUT2D eigenvalue weighted by molar-refractivity contribution is 5.78. The first-order valence-electron chi connectivity index (χ1n) is 6.45. The van der Waals surface area contributed by atoms with Gasteiger partial charge >= 0.3 is 5.97 Å². The molecule has 20 heavy (non-hydrogen) atoms. The van der Waals surface area contributed by atoms with E-state index >= 15 is 0 Å². The molecule has 0 fully saturated rings. The lowest BCUT2D eigenvalue weighted by molar-refractivity contribution is -0.137. The zero-order valence-corrected chi connectivity index (χ0v) is 12.3. The molecule has 0 saturated heterocycles. The van der Waals surface area contributed by atoms with Crippen molar-refractivity contribution in [3.05, 3.63) is 11.4 Å². The minimum Gasteiger partial charge on any atom is -0.481 e. The van der Waals surface area contributed by atoms with Crippen LogP contribution in [0, 0.1) is 13.8 Å². The van der Waals surface area contributed by atoms with Crippen molar-refractivity contribution in [2.75, 3.05) is 6.61 Å². The normalized spacial score (nSPS) is 12.0. The summed E-state index contributed by atoms with van der Waals surface area (Å²) in [5.74, 6) is -0.532. The number of carboxylic acid groups (broad SMARTS) is 1. The highest BCUT2D eigenvalue weighted by Gasteiger charge is 2.14. The van der Waals surface area contributed by atoms with Gasteiger partial charge in [0.1, 0.15) is 5.69 Å². The second-order valence-electron chi connectivity index (χ2n) is 4.81. The third-order valence-electron chi connectivity index (χ3n) is 2.99. The van der Waals surface area contributed by atoms with E-state index in [2.05, 4.69) is 10.4 Å². The molecule has 112 valence electrons. The summed E-state index contributed by atoms with van der Waals surface area (Å²) in [5, 5.41) is 15.5. The molecule has 0 saturated carbocycles. The predicted molar refractivity (Wildman–Crippen MR) is 72.7 cm³/mol. The number of aliphatic carboxylic acids is 1. The lowest BCUT2D eigenvalue weighted by atomic mass is 10.2. The van der Waals surface area contributed by atoms with Crippen molar-refractivity contribution in [2.45, 2.75) is 39.7 Å². The molecule has 0 aliphatic heterocycles. The third kappa shape index (κ3) is 4.56. The fourth-order valence-electron chi connectivity index (χ4n) is 1.83. The Labute approximate surface area is 117 Å². The molecule has 0 spiro atoms. The van der Waals surface area contributed by atoms with E-state index in [9.17, 15) is 9.59 Å². The summed E-state index contributed by atoms with van der Waals surface area (Å²) >= 11 is 0. The number of aromatic nitrogens is 2. The second-order valence-corrected chi connectivity index (χ2v) is 4.81. The molecule has 0 aliphatic carbocycles. The first-order valence-corrected chi connectivity index (χ1v) is 6.45. The van der Waals surface area contributed by atoms with Crippen molar-refractivity contribution in [3.8, 4) is 5.75 Å². The maximum atomic E-state index is 11.7. The summed E-state index contributed by atoms with van der Waals surface area (Å²) in [6.45, 7) is 5.34. The van der Waals surface area contributed by atoms with Gasteiger partial charge in [-0.25, -0.2) is 0 Å². The Balaban J connectivity index is 2.41. The maximum absolute atomic E-state index is 11.7. The van der Waals surface area contributed by atoms with Gasteiger partial charge in [-0.2, -0.15) is 5.10 Å². The van der Waals surface area contributed by atoms with Crippen molar-refractivity contribution in [3.63, 3.8) is 0 Å². The Hall–Kier alpha value is -2.05. The third-order valence-corrected chi connectivity index (χ3v) is 2.99. The molecular formula is C13H21N3O4. The van der Waals surface area contributed by atoms with E-state index < -0.39 is 5.97 Å². The topological polar surface area (TPSA) is 93.5 Å². The number of amides is 1. The fraction of sp³-hybridized carbons (Fsp3) is 0.615. The monoisotopic (exact) mass is 283 g/mol. The summed E-state index contributed by atoms with van der Waals surface area (Å²) in [4.78, 5) is 22.1. The van der Waals surface area contributed by atoms with Gasteiger partial charge in [-0.3, -0.25) is 14.3 Å². The first kappa shape index (κ1) is 16.0. The standard InChI is InChI=1S/C13H21N3O4/c1-8(5-6-12(18)19)14-11(17)7-20-13-9(2)15-16(4)10(13)3/h8H,5-7H2,1-4H3,(H,14,17)(H,18,19). The van der Waals surface area contributed by atoms with E-state index in [1.54, 1.807) is 11.6 Å². The van der Waals surface area contributed by atoms with Gasteiger partial charge in [0.05, 0.1) is 5.69 Å². The molecular weight excluding hydrogens is 262 g/mol. The van der Waals surface area contributed by atoms with Gasteiger partial charge in [0.25, 0.3) is 5.91 Å². The molecule has 1 aromatic heterocycles. The molecule has 0 bridgehead atoms. The van der Waals surface area contributed by atoms with Crippen LogP contribution in [0.15, 0.2) is 0 Å². The average molecular weight is 283 g/mol. The number of nitrogens with zero attached hydrogens (tertiary/aromatic N) is 2. The van der Waals surface area contributed by atoms with Crippen LogP contribution in [0.5, 0.6) is 5.75 Å². The Kier molecular flexibility index (Phi) is 5.54. The molecule has 1 atom stereocenters. The second kappa shape index (κ2) is 6.93. The largest absolute Gasteiger partial charge is 0.481 e. The van der Waals surface area contributed by atoms with Crippen LogP contribution in [-0.2, 0) is 16.6 Å². The van der Waals surface area contributed by atoms with Crippen LogP contribution in [0.25, 0.3) is 0 Å². The van der Waals surface area contributed by atoms with Gasteiger partial charge < -0.3 is 15.2 Å². The Morgan fingerprint density at radius 3 is 2.60 bits per heavy atom. The van der Waals surface area contributed by atoms with E-state index in [1.165, 1.54) is 0 Å². The summed E-state index contributed by atoms with van der Waals surface area (Å²) in [5.41, 5.74) is 1.59. The summed E-state index contributed by atoms with van der Waals surface area (Å²) in [7, 11) is 1.81. The molecule has 7 nitrogen and oxygen atoms in total. The van der Waals surface area contributed by atoms with Gasteiger partial charge in [0, 0.05) is 19.5 Å². The van der Waals surface area contributed by atoms with Gasteiger partial charge in [-0.1, -0.05) is 0 Å². The van der Waals surface area contributed by atoms with Crippen LogP contribution >= 0.6 is 0 Å². The number of aryl methyl sites for hydroxylation is 2. The zero-order valence-electron chi connectivity index (χ0n) is 12.3. The molecule has 0 aliphatic rings. The van der Waals surface area contributed by atoms with E-state index in [-0.39, 0.29) is 25.0 Å². The number of nitrogens with one attached hydrogen (secondary N) is 1. The lowest BCUT2D eigenvalue weighted by Gasteiger charge is -2.13. The summed E-state index contributed by atoms with van der Waals surface area (Å²) < 4.78 is 7.16. The van der Waals surface area contributed by atoms with E-state index in [4.69, 9.17) is 9.84 Å². The summed E-state index contributed by atoms with van der Waals surface area (Å²) in [6, 6.07) is -0.196. The predicted octanol–water partition coefficient (Wildman–Crippen LogP) is 0.785. The fourth-order valence-corrected chi connectivity index (χ4v) is 1.83. The van der Waals surface area contributed by atoms with E-state index in [0.717, 1.165) is 11.4 Å². The van der Waals surface area contributed by atoms with E-state index in [1.807, 2.05) is 20.9 Å². The Morgan fingerprint density at radius 1 is 1.45 bits per heavy atom. The average Bonchev–Trinajstić information content (AvgIpc) is 2.59. The van der Waals surface area contributed by atoms with E-state index in [0.29, 0.717) is 12.2 Å². The summed E-state index contributed by atoms with van der Waals surface area (Å²) in [6.07, 6.45) is 0.426. The first-order chi connectivity index (χ1) is 9.31. The number of carbonyl (C=O) groups is 2. The van der Waals surface area contributed by atoms with Crippen molar-refractivity contribution in [1.29, 1.82) is 0 Å². The minimum atomic E-state index is -0.871. The number of carboxylic acids is 1. The SMILES string of the molecule is Cc1nn(C)c(C)c1OCC(=O)NC(C)CCC(=O)O. The van der Waals surface area contributed by atoms with Gasteiger partial charge in [0.2, 0.25) is 0 Å². The van der Waals surface area contributed by atoms with Crippen molar-refractivity contribution in [2.24, 2.45) is 7.05 Å². The van der Waals surface area contributed by atoms with Crippen LogP contribution in [-0.4, -0.2) is 39.4 Å². The van der Waals surface area contributed by atoms with Crippen LogP contribution in [0.4, 0.5) is 0 Å². The highest BCUT2D eigenvalue weighted by atomic mass is 16.5. The maximum Gasteiger partial charge on any atom is 0.303 e. The number of hydrogen-bond acceptors (Lipinski definition) is 4.